The molecular weight excluding hydrogens is 274 g/mol. The fourth-order valence-corrected chi connectivity index (χ4v) is 3.34. The van der Waals surface area contributed by atoms with Crippen LogP contribution in [0.25, 0.3) is 0 Å². The number of aliphatic hydroxyl groups excluding tert-OH is 1. The highest BCUT2D eigenvalue weighted by atomic mass is 79.9. The summed E-state index contributed by atoms with van der Waals surface area (Å²) in [6.45, 7) is 4.56. The molecule has 86 valence electrons. The van der Waals surface area contributed by atoms with Crippen molar-refractivity contribution in [3.63, 3.8) is 0 Å². The Morgan fingerprint density at radius 1 is 1.60 bits per heavy atom. The van der Waals surface area contributed by atoms with Crippen molar-refractivity contribution in [2.75, 3.05) is 6.61 Å². The SMILES string of the molecule is CCC(CCO)NC(C)c1sccc1Br. The number of thiophene rings is 1. The largest absolute Gasteiger partial charge is 0.396 e. The fourth-order valence-electron chi connectivity index (χ4n) is 1.60. The summed E-state index contributed by atoms with van der Waals surface area (Å²) in [7, 11) is 0. The van der Waals surface area contributed by atoms with E-state index >= 15 is 0 Å². The van der Waals surface area contributed by atoms with Crippen molar-refractivity contribution in [2.24, 2.45) is 0 Å². The topological polar surface area (TPSA) is 32.3 Å². The van der Waals surface area contributed by atoms with Crippen molar-refractivity contribution in [1.82, 2.24) is 5.32 Å². The number of aliphatic hydroxyl groups is 1. The zero-order valence-electron chi connectivity index (χ0n) is 9.16. The van der Waals surface area contributed by atoms with Gasteiger partial charge in [-0.05, 0) is 47.1 Å². The number of hydrogen-bond donors (Lipinski definition) is 2. The summed E-state index contributed by atoms with van der Waals surface area (Å²) in [4.78, 5) is 1.33. The number of rotatable bonds is 6. The van der Waals surface area contributed by atoms with Gasteiger partial charge in [0.15, 0.2) is 0 Å². The van der Waals surface area contributed by atoms with Crippen LogP contribution in [0.1, 0.15) is 37.6 Å². The van der Waals surface area contributed by atoms with Gasteiger partial charge in [0.1, 0.15) is 0 Å². The maximum Gasteiger partial charge on any atom is 0.0445 e. The molecule has 0 aliphatic rings. The van der Waals surface area contributed by atoms with E-state index in [9.17, 15) is 0 Å². The molecule has 2 nitrogen and oxygen atoms in total. The first-order valence-corrected chi connectivity index (χ1v) is 6.96. The maximum absolute atomic E-state index is 8.92. The lowest BCUT2D eigenvalue weighted by molar-refractivity contribution is 0.257. The Hall–Kier alpha value is 0.100. The van der Waals surface area contributed by atoms with Gasteiger partial charge < -0.3 is 10.4 Å². The van der Waals surface area contributed by atoms with Crippen LogP contribution < -0.4 is 5.32 Å². The summed E-state index contributed by atoms with van der Waals surface area (Å²) in [6, 6.07) is 2.82. The molecule has 2 unspecified atom stereocenters. The van der Waals surface area contributed by atoms with E-state index in [0.29, 0.717) is 12.1 Å². The molecule has 2 atom stereocenters. The van der Waals surface area contributed by atoms with E-state index in [1.165, 1.54) is 9.35 Å². The van der Waals surface area contributed by atoms with Crippen molar-refractivity contribution >= 4 is 27.3 Å². The third kappa shape index (κ3) is 3.87. The van der Waals surface area contributed by atoms with Crippen LogP contribution in [-0.4, -0.2) is 17.8 Å². The Bertz CT molecular complexity index is 290. The molecule has 0 bridgehead atoms. The van der Waals surface area contributed by atoms with Crippen LogP contribution in [0.15, 0.2) is 15.9 Å². The molecule has 0 radical (unpaired) electrons. The first kappa shape index (κ1) is 13.2. The van der Waals surface area contributed by atoms with Crippen molar-refractivity contribution in [1.29, 1.82) is 0 Å². The highest BCUT2D eigenvalue weighted by molar-refractivity contribution is 9.10. The van der Waals surface area contributed by atoms with Gasteiger partial charge in [0.05, 0.1) is 0 Å². The van der Waals surface area contributed by atoms with Gasteiger partial charge in [-0.25, -0.2) is 0 Å². The lowest BCUT2D eigenvalue weighted by Gasteiger charge is -2.21. The first-order valence-electron chi connectivity index (χ1n) is 5.28. The van der Waals surface area contributed by atoms with Crippen LogP contribution >= 0.6 is 27.3 Å². The molecule has 4 heteroatoms. The minimum absolute atomic E-state index is 0.254. The average molecular weight is 292 g/mol. The van der Waals surface area contributed by atoms with Crippen LogP contribution in [0.3, 0.4) is 0 Å². The van der Waals surface area contributed by atoms with E-state index in [2.05, 4.69) is 46.5 Å². The maximum atomic E-state index is 8.92. The van der Waals surface area contributed by atoms with Gasteiger partial charge in [-0.3, -0.25) is 0 Å². The van der Waals surface area contributed by atoms with E-state index in [-0.39, 0.29) is 6.61 Å². The minimum Gasteiger partial charge on any atom is -0.396 e. The Labute approximate surface area is 104 Å². The summed E-state index contributed by atoms with van der Waals surface area (Å²) in [5.74, 6) is 0. The molecule has 0 amide bonds. The standard InChI is InChI=1S/C11H18BrNOS/c1-3-9(4-6-14)13-8(2)11-10(12)5-7-15-11/h5,7-9,13-14H,3-4,6H2,1-2H3. The molecule has 0 aromatic carbocycles. The van der Waals surface area contributed by atoms with Gasteiger partial charge in [0, 0.05) is 28.0 Å². The molecule has 0 saturated heterocycles. The third-order valence-electron chi connectivity index (χ3n) is 2.49. The van der Waals surface area contributed by atoms with Crippen molar-refractivity contribution in [2.45, 2.75) is 38.8 Å². The predicted octanol–water partition coefficient (Wildman–Crippen LogP) is 3.32. The molecular formula is C11H18BrNOS. The Morgan fingerprint density at radius 3 is 2.80 bits per heavy atom. The third-order valence-corrected chi connectivity index (χ3v) is 4.55. The lowest BCUT2D eigenvalue weighted by atomic mass is 10.1. The van der Waals surface area contributed by atoms with Crippen LogP contribution in [0.5, 0.6) is 0 Å². The Morgan fingerprint density at radius 2 is 2.33 bits per heavy atom. The molecule has 1 heterocycles. The van der Waals surface area contributed by atoms with Crippen LogP contribution in [-0.2, 0) is 0 Å². The average Bonchev–Trinajstić information content (AvgIpc) is 2.63. The number of hydrogen-bond acceptors (Lipinski definition) is 3. The summed E-state index contributed by atoms with van der Waals surface area (Å²) >= 11 is 5.30. The molecule has 15 heavy (non-hydrogen) atoms. The molecule has 0 spiro atoms. The van der Waals surface area contributed by atoms with Crippen LogP contribution in [0, 0.1) is 0 Å². The van der Waals surface area contributed by atoms with Crippen molar-refractivity contribution < 1.29 is 5.11 Å². The second-order valence-corrected chi connectivity index (χ2v) is 5.44. The highest BCUT2D eigenvalue weighted by Gasteiger charge is 2.14. The highest BCUT2D eigenvalue weighted by Crippen LogP contribution is 2.29. The van der Waals surface area contributed by atoms with Gasteiger partial charge in [0.2, 0.25) is 0 Å². The monoisotopic (exact) mass is 291 g/mol. The zero-order valence-corrected chi connectivity index (χ0v) is 11.6. The van der Waals surface area contributed by atoms with Crippen LogP contribution in [0.2, 0.25) is 0 Å². The summed E-state index contributed by atoms with van der Waals surface area (Å²) in [6.07, 6.45) is 1.87. The fraction of sp³-hybridized carbons (Fsp3) is 0.636. The van der Waals surface area contributed by atoms with E-state index in [1.807, 2.05) is 0 Å². The van der Waals surface area contributed by atoms with Gasteiger partial charge >= 0.3 is 0 Å². The smallest absolute Gasteiger partial charge is 0.0445 e. The Kier molecular flexibility index (Phi) is 5.82. The van der Waals surface area contributed by atoms with Crippen molar-refractivity contribution in [3.05, 3.63) is 20.8 Å². The quantitative estimate of drug-likeness (QED) is 0.843. The van der Waals surface area contributed by atoms with E-state index < -0.39 is 0 Å². The second kappa shape index (κ2) is 6.63. The van der Waals surface area contributed by atoms with E-state index in [0.717, 1.165) is 12.8 Å². The minimum atomic E-state index is 0.254. The number of nitrogens with one attached hydrogen (secondary N) is 1. The Balaban J connectivity index is 2.54. The summed E-state index contributed by atoms with van der Waals surface area (Å²) < 4.78 is 1.17. The van der Waals surface area contributed by atoms with Gasteiger partial charge in [-0.15, -0.1) is 11.3 Å². The molecule has 0 aliphatic heterocycles. The van der Waals surface area contributed by atoms with E-state index in [1.54, 1.807) is 11.3 Å². The lowest BCUT2D eigenvalue weighted by Crippen LogP contribution is -2.31. The number of halogens is 1. The first-order chi connectivity index (χ1) is 7.19. The van der Waals surface area contributed by atoms with Gasteiger partial charge in [-0.1, -0.05) is 6.92 Å². The van der Waals surface area contributed by atoms with Crippen molar-refractivity contribution in [3.8, 4) is 0 Å². The predicted molar refractivity (Wildman–Crippen MR) is 69.4 cm³/mol. The summed E-state index contributed by atoms with van der Waals surface area (Å²) in [5, 5.41) is 14.5. The molecule has 0 aliphatic carbocycles. The molecule has 1 aromatic rings. The molecule has 0 fully saturated rings. The zero-order chi connectivity index (χ0) is 11.3. The van der Waals surface area contributed by atoms with E-state index in [4.69, 9.17) is 5.11 Å². The normalized spacial score (nSPS) is 15.2. The summed E-state index contributed by atoms with van der Waals surface area (Å²) in [5.41, 5.74) is 0. The van der Waals surface area contributed by atoms with Gasteiger partial charge in [-0.2, -0.15) is 0 Å². The molecule has 0 saturated carbocycles. The molecule has 1 rings (SSSR count). The molecule has 2 N–H and O–H groups in total. The second-order valence-electron chi connectivity index (χ2n) is 3.64. The van der Waals surface area contributed by atoms with Crippen LogP contribution in [0.4, 0.5) is 0 Å². The van der Waals surface area contributed by atoms with Gasteiger partial charge in [0.25, 0.3) is 0 Å². The molecule has 1 aromatic heterocycles.